The van der Waals surface area contributed by atoms with Gasteiger partial charge in [0.15, 0.2) is 0 Å². The summed E-state index contributed by atoms with van der Waals surface area (Å²) in [6.07, 6.45) is 5.06. The van der Waals surface area contributed by atoms with Gasteiger partial charge in [0.25, 0.3) is 0 Å². The van der Waals surface area contributed by atoms with Crippen LogP contribution in [0.25, 0.3) is 0 Å². The number of ether oxygens (including phenoxy) is 4. The molecule has 0 aliphatic carbocycles. The molecule has 4 radical (unpaired) electrons. The summed E-state index contributed by atoms with van der Waals surface area (Å²) in [6, 6.07) is 18.3. The number of carboxylic acid groups (broad SMARTS) is 4. The van der Waals surface area contributed by atoms with E-state index in [-0.39, 0.29) is 153 Å². The molecule has 20 heteroatoms. The van der Waals surface area contributed by atoms with Gasteiger partial charge in [-0.3, -0.25) is 0 Å². The fraction of sp³-hybridized carbons (Fsp3) is 0.440. The molecule has 0 spiro atoms. The van der Waals surface area contributed by atoms with Gasteiger partial charge in [0.05, 0.1) is 38.6 Å². The number of aliphatic carboxylic acids is 4. The maximum Gasteiger partial charge on any atom is 0.334 e. The fourth-order valence-corrected chi connectivity index (χ4v) is 5.82. The molecule has 0 heterocycles. The van der Waals surface area contributed by atoms with E-state index in [0.717, 1.165) is 24.0 Å². The third kappa shape index (κ3) is 32.3. The molecule has 0 unspecified atom stereocenters. The van der Waals surface area contributed by atoms with Crippen LogP contribution in [0, 0.1) is 0 Å². The number of carbonyl (C=O) groups is 8. The summed E-state index contributed by atoms with van der Waals surface area (Å²) >= 11 is 0. The Morgan fingerprint density at radius 3 is 0.943 bits per heavy atom. The molecule has 0 aromatic heterocycles. The molecule has 0 atom stereocenters. The van der Waals surface area contributed by atoms with Crippen molar-refractivity contribution >= 4 is 166 Å². The first-order valence-corrected chi connectivity index (χ1v) is 21.6. The van der Waals surface area contributed by atoms with E-state index < -0.39 is 47.8 Å². The second kappa shape index (κ2) is 47.2. The number of esters is 4. The summed E-state index contributed by atoms with van der Waals surface area (Å²) in [5.74, 6) is -6.44. The van der Waals surface area contributed by atoms with Crippen molar-refractivity contribution in [2.24, 2.45) is 0 Å². The van der Waals surface area contributed by atoms with Gasteiger partial charge in [-0.15, -0.1) is 0 Å². The Kier molecular flexibility index (Phi) is 53.0. The van der Waals surface area contributed by atoms with Crippen molar-refractivity contribution in [3.05, 3.63) is 116 Å². The van der Waals surface area contributed by atoms with Crippen molar-refractivity contribution in [1.82, 2.24) is 0 Å². The number of carboxylic acids is 4. The Hall–Kier alpha value is -2.84. The van der Waals surface area contributed by atoms with Crippen molar-refractivity contribution < 1.29 is 77.7 Å². The zero-order valence-corrected chi connectivity index (χ0v) is 51.9. The molecule has 0 bridgehead atoms. The first-order chi connectivity index (χ1) is 31.3. The van der Waals surface area contributed by atoms with Crippen LogP contribution >= 0.6 is 0 Å². The summed E-state index contributed by atoms with van der Waals surface area (Å²) < 4.78 is 19.3. The smallest absolute Gasteiger partial charge is 0.334 e. The quantitative estimate of drug-likeness (QED) is 0.0395. The van der Waals surface area contributed by atoms with E-state index in [1.165, 1.54) is 21.1 Å². The van der Waals surface area contributed by atoms with Gasteiger partial charge in [0.2, 0.25) is 0 Å². The average Bonchev–Trinajstić information content (AvgIpc) is 3.29. The largest absolute Gasteiger partial charge is 0.478 e. The Bertz CT molecular complexity index is 1990. The third-order valence-electron chi connectivity index (χ3n) is 9.14. The summed E-state index contributed by atoms with van der Waals surface area (Å²) in [7, 11) is 2.57. The Balaban J connectivity index is -0.000000192. The van der Waals surface area contributed by atoms with Gasteiger partial charge >= 0.3 is 47.8 Å². The van der Waals surface area contributed by atoms with Gasteiger partial charge in [0, 0.05) is 165 Å². The van der Waals surface area contributed by atoms with E-state index in [0.29, 0.717) is 74.9 Å². The number of rotatable bonds is 22. The monoisotopic (exact) mass is 1020 g/mol. The summed E-state index contributed by atoms with van der Waals surface area (Å²) in [5, 5.41) is 35.3. The minimum Gasteiger partial charge on any atom is -0.478 e. The van der Waals surface area contributed by atoms with E-state index in [1.807, 2.05) is 64.1 Å². The Morgan fingerprint density at radius 2 is 0.686 bits per heavy atom. The van der Waals surface area contributed by atoms with Crippen LogP contribution in [0.4, 0.5) is 0 Å². The molecule has 0 saturated carbocycles. The molecule has 2 aromatic rings. The molecule has 2 rings (SSSR count). The first-order valence-electron chi connectivity index (χ1n) is 21.6. The van der Waals surface area contributed by atoms with Crippen molar-refractivity contribution in [1.29, 1.82) is 0 Å². The maximum atomic E-state index is 11.9. The van der Waals surface area contributed by atoms with Crippen LogP contribution < -0.4 is 0 Å². The summed E-state index contributed by atoms with van der Waals surface area (Å²) in [6.45, 7) is 14.6. The standard InChI is InChI=1S/C14H16O4.C14H24O4.C12H12O4.C10H16O4.4Na/c1-10(13(15)17-2)12(14(16)18-3)9-11-7-5-4-6-8-11;1-5-9-11(13(15)17-7-3)12(10-6-2)14(16)18-8-4;1-8(11(13)14)10(12(15)16)7-9-5-3-2-4-6-9;1-3-5-7(9(11)12)8(6-4-2)10(13)14;;;;/h4-8H,9H2,1-3H3;5-10H2,1-4H3;2-6H,7H2,1H3,(H,13,14)(H,15,16);3-6H2,1-2H3,(H,11,12)(H,13,14);;;;/b12-10-;12-11-;10-8-;8-7-;;;;. The van der Waals surface area contributed by atoms with Crippen LogP contribution in [0.5, 0.6) is 0 Å². The third-order valence-corrected chi connectivity index (χ3v) is 9.14. The topological polar surface area (TPSA) is 254 Å². The van der Waals surface area contributed by atoms with Crippen LogP contribution in [-0.4, -0.2) is 214 Å². The number of benzene rings is 2. The van der Waals surface area contributed by atoms with Gasteiger partial charge in [-0.05, 0) is 64.5 Å². The molecule has 368 valence electrons. The molecule has 4 N–H and O–H groups in total. The first kappa shape index (κ1) is 78.6. The van der Waals surface area contributed by atoms with E-state index >= 15 is 0 Å². The fourth-order valence-electron chi connectivity index (χ4n) is 5.82. The van der Waals surface area contributed by atoms with Gasteiger partial charge < -0.3 is 39.4 Å². The average molecular weight is 1020 g/mol. The SMILES string of the molecule is C/C(C(=O)O)=C(\Cc1ccccc1)C(=O)O.CCC/C(C(=O)O)=C(\CCC)C(=O)O.CCC/C(C(=O)OCC)=C(\CCC)C(=O)OCC.COC(=O)/C(C)=C(/Cc1ccccc1)C(=O)OC.[Na].[Na].[Na].[Na]. The van der Waals surface area contributed by atoms with E-state index in [4.69, 9.17) is 34.6 Å². The zero-order valence-electron chi connectivity index (χ0n) is 43.9. The molecule has 0 aliphatic rings. The van der Waals surface area contributed by atoms with Gasteiger partial charge in [-0.2, -0.15) is 0 Å². The minimum absolute atomic E-state index is 0. The number of methoxy groups -OCH3 is 2. The van der Waals surface area contributed by atoms with Gasteiger partial charge in [-0.1, -0.05) is 114 Å². The molecule has 0 amide bonds. The van der Waals surface area contributed by atoms with E-state index in [2.05, 4.69) is 4.74 Å². The number of hydrogen-bond acceptors (Lipinski definition) is 12. The molecule has 2 aromatic carbocycles. The summed E-state index contributed by atoms with van der Waals surface area (Å²) in [5.41, 5.74) is 3.11. The summed E-state index contributed by atoms with van der Waals surface area (Å²) in [4.78, 5) is 90.1. The Morgan fingerprint density at radius 1 is 0.386 bits per heavy atom. The molecular weight excluding hydrogens is 948 g/mol. The molecular formula is C50H68Na4O16. The van der Waals surface area contributed by atoms with Crippen LogP contribution in [0.3, 0.4) is 0 Å². The number of carbonyl (C=O) groups excluding carboxylic acids is 4. The molecule has 0 saturated heterocycles. The maximum absolute atomic E-state index is 11.9. The van der Waals surface area contributed by atoms with Gasteiger partial charge in [0.1, 0.15) is 0 Å². The predicted octanol–water partition coefficient (Wildman–Crippen LogP) is 7.15. The van der Waals surface area contributed by atoms with Crippen LogP contribution in [0.15, 0.2) is 105 Å². The second-order valence-electron chi connectivity index (χ2n) is 14.1. The minimum atomic E-state index is -1.20. The normalized spacial score (nSPS) is 11.1. The predicted molar refractivity (Wildman–Crippen MR) is 270 cm³/mol. The van der Waals surface area contributed by atoms with Gasteiger partial charge in [-0.25, -0.2) is 38.4 Å². The van der Waals surface area contributed by atoms with Crippen molar-refractivity contribution in [3.8, 4) is 0 Å². The molecule has 70 heavy (non-hydrogen) atoms. The molecule has 16 nitrogen and oxygen atoms in total. The molecule has 0 aliphatic heterocycles. The van der Waals surface area contributed by atoms with E-state index in [1.54, 1.807) is 45.0 Å². The van der Waals surface area contributed by atoms with Crippen LogP contribution in [0.2, 0.25) is 0 Å². The van der Waals surface area contributed by atoms with E-state index in [9.17, 15) is 38.4 Å². The van der Waals surface area contributed by atoms with Crippen LogP contribution in [-0.2, 0) is 70.1 Å². The Labute approximate surface area is 501 Å². The van der Waals surface area contributed by atoms with Crippen molar-refractivity contribution in [3.63, 3.8) is 0 Å². The molecule has 0 fully saturated rings. The zero-order chi connectivity index (χ0) is 50.8. The van der Waals surface area contributed by atoms with Crippen molar-refractivity contribution in [2.45, 2.75) is 120 Å². The second-order valence-corrected chi connectivity index (χ2v) is 14.1. The van der Waals surface area contributed by atoms with Crippen LogP contribution in [0.1, 0.15) is 118 Å². The number of hydrogen-bond donors (Lipinski definition) is 4. The van der Waals surface area contributed by atoms with Crippen molar-refractivity contribution in [2.75, 3.05) is 27.4 Å².